The molecule has 7 heteroatoms. The molecule has 1 aromatic heterocycles. The molecule has 2 aliphatic heterocycles. The summed E-state index contributed by atoms with van der Waals surface area (Å²) in [6.45, 7) is 2.45. The number of fused-ring (bicyclic) bond motifs is 1. The number of aryl methyl sites for hydroxylation is 1. The zero-order valence-electron chi connectivity index (χ0n) is 15.2. The Bertz CT molecular complexity index is 678. The van der Waals surface area contributed by atoms with Crippen LogP contribution in [-0.4, -0.2) is 55.4 Å². The standard InChI is InChI=1S/C18H27N5O2/c1-22(2)16-20-14-7-4-3-6-13(14)15(21-16)23-10-5-8-18(9-11-23)12-19-17(24)25-18/h3-12H2,1-2H3,(H,19,24)/t18-/m1/s1. The average molecular weight is 345 g/mol. The monoisotopic (exact) mass is 345 g/mol. The summed E-state index contributed by atoms with van der Waals surface area (Å²) in [6.07, 6.45) is 7.03. The summed E-state index contributed by atoms with van der Waals surface area (Å²) >= 11 is 0. The Labute approximate surface area is 148 Å². The molecule has 0 bridgehead atoms. The van der Waals surface area contributed by atoms with Crippen LogP contribution < -0.4 is 15.1 Å². The topological polar surface area (TPSA) is 70.6 Å². The van der Waals surface area contributed by atoms with Crippen LogP contribution >= 0.6 is 0 Å². The summed E-state index contributed by atoms with van der Waals surface area (Å²) in [5.41, 5.74) is 2.21. The van der Waals surface area contributed by atoms with Crippen LogP contribution in [0.2, 0.25) is 0 Å². The van der Waals surface area contributed by atoms with Gasteiger partial charge in [-0.1, -0.05) is 0 Å². The van der Waals surface area contributed by atoms with Crippen molar-refractivity contribution in [3.8, 4) is 0 Å². The molecule has 2 fully saturated rings. The van der Waals surface area contributed by atoms with Crippen molar-refractivity contribution in [1.29, 1.82) is 0 Å². The molecular formula is C18H27N5O2. The number of anilines is 2. The van der Waals surface area contributed by atoms with Crippen LogP contribution in [0.15, 0.2) is 0 Å². The third kappa shape index (κ3) is 3.12. The molecule has 3 heterocycles. The van der Waals surface area contributed by atoms with Gasteiger partial charge in [-0.2, -0.15) is 4.98 Å². The lowest BCUT2D eigenvalue weighted by Gasteiger charge is -2.29. The van der Waals surface area contributed by atoms with E-state index >= 15 is 0 Å². The predicted octanol–water partition coefficient (Wildman–Crippen LogP) is 1.89. The number of nitrogens with zero attached hydrogens (tertiary/aromatic N) is 4. The zero-order valence-corrected chi connectivity index (χ0v) is 15.2. The fraction of sp³-hybridized carbons (Fsp3) is 0.722. The van der Waals surface area contributed by atoms with E-state index in [4.69, 9.17) is 14.7 Å². The van der Waals surface area contributed by atoms with Gasteiger partial charge in [0.2, 0.25) is 5.95 Å². The van der Waals surface area contributed by atoms with Gasteiger partial charge in [0, 0.05) is 39.2 Å². The molecule has 4 rings (SSSR count). The van der Waals surface area contributed by atoms with E-state index in [0.29, 0.717) is 6.54 Å². The van der Waals surface area contributed by atoms with Crippen LogP contribution in [0.3, 0.4) is 0 Å². The van der Waals surface area contributed by atoms with Crippen molar-refractivity contribution in [2.45, 2.75) is 50.5 Å². The van der Waals surface area contributed by atoms with Gasteiger partial charge in [0.15, 0.2) is 0 Å². The van der Waals surface area contributed by atoms with Crippen molar-refractivity contribution < 1.29 is 9.53 Å². The van der Waals surface area contributed by atoms with Crippen LogP contribution in [0.1, 0.15) is 43.4 Å². The molecule has 7 nitrogen and oxygen atoms in total. The second kappa shape index (κ2) is 6.35. The second-order valence-corrected chi connectivity index (χ2v) is 7.64. The molecule has 136 valence electrons. The van der Waals surface area contributed by atoms with Gasteiger partial charge < -0.3 is 19.9 Å². The van der Waals surface area contributed by atoms with Gasteiger partial charge in [0.1, 0.15) is 11.4 Å². The number of carbonyl (C=O) groups is 1. The van der Waals surface area contributed by atoms with E-state index in [1.807, 2.05) is 19.0 Å². The van der Waals surface area contributed by atoms with Crippen LogP contribution in [0.4, 0.5) is 16.6 Å². The van der Waals surface area contributed by atoms with Crippen molar-refractivity contribution in [3.63, 3.8) is 0 Å². The van der Waals surface area contributed by atoms with E-state index < -0.39 is 0 Å². The number of alkyl carbamates (subject to hydrolysis) is 1. The fourth-order valence-electron chi connectivity index (χ4n) is 4.18. The highest BCUT2D eigenvalue weighted by Gasteiger charge is 2.41. The Balaban J connectivity index is 1.62. The molecule has 1 aliphatic carbocycles. The molecule has 1 amide bonds. The van der Waals surface area contributed by atoms with Gasteiger partial charge in [0.25, 0.3) is 0 Å². The zero-order chi connectivity index (χ0) is 17.4. The highest BCUT2D eigenvalue weighted by atomic mass is 16.6. The number of amides is 1. The van der Waals surface area contributed by atoms with E-state index in [9.17, 15) is 4.79 Å². The molecule has 1 N–H and O–H groups in total. The van der Waals surface area contributed by atoms with Gasteiger partial charge in [-0.05, 0) is 38.5 Å². The van der Waals surface area contributed by atoms with E-state index in [1.165, 1.54) is 24.1 Å². The van der Waals surface area contributed by atoms with Crippen molar-refractivity contribution >= 4 is 17.9 Å². The predicted molar refractivity (Wildman–Crippen MR) is 96.3 cm³/mol. The molecule has 25 heavy (non-hydrogen) atoms. The van der Waals surface area contributed by atoms with Crippen molar-refractivity contribution in [2.24, 2.45) is 0 Å². The maximum absolute atomic E-state index is 11.5. The third-order valence-electron chi connectivity index (χ3n) is 5.61. The lowest BCUT2D eigenvalue weighted by Crippen LogP contribution is -2.35. The van der Waals surface area contributed by atoms with Crippen molar-refractivity contribution in [1.82, 2.24) is 15.3 Å². The van der Waals surface area contributed by atoms with Gasteiger partial charge in [-0.3, -0.25) is 0 Å². The van der Waals surface area contributed by atoms with Gasteiger partial charge in [-0.25, -0.2) is 9.78 Å². The lowest BCUT2D eigenvalue weighted by atomic mass is 9.95. The first-order chi connectivity index (χ1) is 12.1. The second-order valence-electron chi connectivity index (χ2n) is 7.64. The number of ether oxygens (including phenoxy) is 1. The van der Waals surface area contributed by atoms with Crippen LogP contribution in [0.25, 0.3) is 0 Å². The Morgan fingerprint density at radius 2 is 1.96 bits per heavy atom. The van der Waals surface area contributed by atoms with Crippen LogP contribution in [-0.2, 0) is 17.6 Å². The molecule has 0 radical (unpaired) electrons. The molecule has 0 unspecified atom stereocenters. The smallest absolute Gasteiger partial charge is 0.407 e. The summed E-state index contributed by atoms with van der Waals surface area (Å²) in [5, 5.41) is 2.82. The first-order valence-corrected chi connectivity index (χ1v) is 9.35. The lowest BCUT2D eigenvalue weighted by molar-refractivity contribution is 0.0473. The molecule has 1 atom stereocenters. The first-order valence-electron chi connectivity index (χ1n) is 9.35. The Kier molecular flexibility index (Phi) is 4.17. The number of rotatable bonds is 2. The molecule has 0 saturated carbocycles. The molecule has 3 aliphatic rings. The van der Waals surface area contributed by atoms with Gasteiger partial charge in [0.05, 0.1) is 12.2 Å². The van der Waals surface area contributed by atoms with E-state index in [0.717, 1.165) is 57.0 Å². The Hall–Kier alpha value is -2.05. The third-order valence-corrected chi connectivity index (χ3v) is 5.61. The maximum Gasteiger partial charge on any atom is 0.407 e. The van der Waals surface area contributed by atoms with Crippen LogP contribution in [0, 0.1) is 0 Å². The summed E-state index contributed by atoms with van der Waals surface area (Å²) in [7, 11) is 3.99. The SMILES string of the molecule is CN(C)c1nc2c(c(N3CCC[C@@]4(CC3)CNC(=O)O4)n1)CCCC2. The maximum atomic E-state index is 11.5. The average Bonchev–Trinajstić information content (AvgIpc) is 2.85. The summed E-state index contributed by atoms with van der Waals surface area (Å²) in [4.78, 5) is 25.6. The van der Waals surface area contributed by atoms with Crippen molar-refractivity contribution in [3.05, 3.63) is 11.3 Å². The number of hydrogen-bond acceptors (Lipinski definition) is 6. The van der Waals surface area contributed by atoms with Gasteiger partial charge >= 0.3 is 6.09 Å². The number of carbonyl (C=O) groups excluding carboxylic acids is 1. The minimum atomic E-state index is -0.330. The van der Waals surface area contributed by atoms with Crippen LogP contribution in [0.5, 0.6) is 0 Å². The molecular weight excluding hydrogens is 318 g/mol. The quantitative estimate of drug-likeness (QED) is 0.883. The minimum absolute atomic E-state index is 0.275. The summed E-state index contributed by atoms with van der Waals surface area (Å²) < 4.78 is 5.61. The number of nitrogens with one attached hydrogen (secondary N) is 1. The Morgan fingerprint density at radius 1 is 1.12 bits per heavy atom. The van der Waals surface area contributed by atoms with E-state index in [-0.39, 0.29) is 11.7 Å². The van der Waals surface area contributed by atoms with E-state index in [2.05, 4.69) is 10.2 Å². The van der Waals surface area contributed by atoms with Crippen molar-refractivity contribution in [2.75, 3.05) is 43.5 Å². The highest BCUT2D eigenvalue weighted by molar-refractivity contribution is 5.70. The molecule has 1 spiro atoms. The first kappa shape index (κ1) is 16.4. The number of hydrogen-bond donors (Lipinski definition) is 1. The minimum Gasteiger partial charge on any atom is -0.441 e. The largest absolute Gasteiger partial charge is 0.441 e. The highest BCUT2D eigenvalue weighted by Crippen LogP contribution is 2.34. The summed E-state index contributed by atoms with van der Waals surface area (Å²) in [6, 6.07) is 0. The Morgan fingerprint density at radius 3 is 2.72 bits per heavy atom. The molecule has 2 saturated heterocycles. The van der Waals surface area contributed by atoms with Gasteiger partial charge in [-0.15, -0.1) is 0 Å². The number of aromatic nitrogens is 2. The fourth-order valence-corrected chi connectivity index (χ4v) is 4.18. The normalized spacial score (nSPS) is 26.0. The molecule has 0 aromatic carbocycles. The summed E-state index contributed by atoms with van der Waals surface area (Å²) in [5.74, 6) is 1.89. The van der Waals surface area contributed by atoms with E-state index in [1.54, 1.807) is 0 Å². The molecule has 1 aromatic rings.